The number of benzene rings is 1. The molecule has 0 saturated carbocycles. The summed E-state index contributed by atoms with van der Waals surface area (Å²) >= 11 is 0. The molecule has 5 heteroatoms. The van der Waals surface area contributed by atoms with Crippen LogP contribution >= 0.6 is 0 Å². The van der Waals surface area contributed by atoms with Crippen molar-refractivity contribution in [3.63, 3.8) is 0 Å². The molecule has 1 aromatic heterocycles. The van der Waals surface area contributed by atoms with E-state index in [1.165, 1.54) is 24.5 Å². The summed E-state index contributed by atoms with van der Waals surface area (Å²) in [5, 5.41) is 2.85. The Hall–Kier alpha value is -2.17. The summed E-state index contributed by atoms with van der Waals surface area (Å²) in [4.78, 5) is 7.87. The van der Waals surface area contributed by atoms with Crippen LogP contribution in [0.15, 0.2) is 36.7 Å². The Kier molecular flexibility index (Phi) is 2.45. The molecular formula is C10H9FN4. The van der Waals surface area contributed by atoms with Gasteiger partial charge in [-0.25, -0.2) is 14.4 Å². The summed E-state index contributed by atoms with van der Waals surface area (Å²) in [6.07, 6.45) is 2.96. The Morgan fingerprint density at radius 3 is 2.60 bits per heavy atom. The van der Waals surface area contributed by atoms with Crippen molar-refractivity contribution in [2.45, 2.75) is 0 Å². The number of aromatic nitrogens is 2. The fourth-order valence-electron chi connectivity index (χ4n) is 1.10. The Morgan fingerprint density at radius 1 is 1.20 bits per heavy atom. The molecule has 0 radical (unpaired) electrons. The van der Waals surface area contributed by atoms with Gasteiger partial charge in [0, 0.05) is 5.69 Å². The number of halogens is 1. The highest BCUT2D eigenvalue weighted by Gasteiger charge is 1.98. The van der Waals surface area contributed by atoms with E-state index >= 15 is 0 Å². The van der Waals surface area contributed by atoms with E-state index in [0.717, 1.165) is 0 Å². The average Bonchev–Trinajstić information content (AvgIpc) is 2.22. The van der Waals surface area contributed by atoms with Gasteiger partial charge in [-0.1, -0.05) is 6.07 Å². The van der Waals surface area contributed by atoms with Crippen LogP contribution in [-0.4, -0.2) is 9.97 Å². The molecule has 0 unspecified atom stereocenters. The van der Waals surface area contributed by atoms with Crippen LogP contribution < -0.4 is 11.1 Å². The largest absolute Gasteiger partial charge is 0.396 e. The fourth-order valence-corrected chi connectivity index (χ4v) is 1.10. The molecule has 0 aliphatic carbocycles. The maximum Gasteiger partial charge on any atom is 0.227 e. The maximum absolute atomic E-state index is 12.8. The number of anilines is 3. The standard InChI is InChI=1S/C10H9FN4/c11-7-2-1-3-9(4-7)15-10-13-5-8(12)6-14-10/h1-6H,12H2,(H,13,14,15). The molecule has 0 aliphatic rings. The van der Waals surface area contributed by atoms with Gasteiger partial charge in [0.1, 0.15) is 5.82 Å². The molecule has 3 N–H and O–H groups in total. The minimum absolute atomic E-state index is 0.310. The number of nitrogens with one attached hydrogen (secondary N) is 1. The maximum atomic E-state index is 12.8. The number of nitrogen functional groups attached to an aromatic ring is 1. The topological polar surface area (TPSA) is 63.8 Å². The third-order valence-electron chi connectivity index (χ3n) is 1.75. The Labute approximate surface area is 86.0 Å². The van der Waals surface area contributed by atoms with Crippen molar-refractivity contribution in [1.29, 1.82) is 0 Å². The normalized spacial score (nSPS) is 9.93. The van der Waals surface area contributed by atoms with Crippen LogP contribution in [0.1, 0.15) is 0 Å². The van der Waals surface area contributed by atoms with Crippen molar-refractivity contribution in [3.8, 4) is 0 Å². The molecule has 0 fully saturated rings. The number of nitrogens with two attached hydrogens (primary N) is 1. The van der Waals surface area contributed by atoms with Crippen molar-refractivity contribution < 1.29 is 4.39 Å². The van der Waals surface area contributed by atoms with Crippen LogP contribution in [0.4, 0.5) is 21.7 Å². The summed E-state index contributed by atoms with van der Waals surface area (Å²) in [7, 11) is 0. The lowest BCUT2D eigenvalue weighted by Crippen LogP contribution is -1.98. The third kappa shape index (κ3) is 2.40. The summed E-state index contributed by atoms with van der Waals surface area (Å²) in [5.41, 5.74) is 6.51. The van der Waals surface area contributed by atoms with Crippen molar-refractivity contribution in [2.75, 3.05) is 11.1 Å². The summed E-state index contributed by atoms with van der Waals surface area (Å²) < 4.78 is 12.8. The van der Waals surface area contributed by atoms with Crippen molar-refractivity contribution in [3.05, 3.63) is 42.5 Å². The van der Waals surface area contributed by atoms with Gasteiger partial charge in [-0.2, -0.15) is 0 Å². The SMILES string of the molecule is Nc1cnc(Nc2cccc(F)c2)nc1. The molecule has 1 heterocycles. The first-order valence-corrected chi connectivity index (χ1v) is 4.34. The number of rotatable bonds is 2. The van der Waals surface area contributed by atoms with E-state index in [2.05, 4.69) is 15.3 Å². The third-order valence-corrected chi connectivity index (χ3v) is 1.75. The number of hydrogen-bond donors (Lipinski definition) is 2. The van der Waals surface area contributed by atoms with E-state index in [1.807, 2.05) is 0 Å². The summed E-state index contributed by atoms with van der Waals surface area (Å²) in [6, 6.07) is 6.06. The Bertz CT molecular complexity index is 455. The molecule has 76 valence electrons. The van der Waals surface area contributed by atoms with E-state index in [-0.39, 0.29) is 5.82 Å². The molecule has 0 bridgehead atoms. The van der Waals surface area contributed by atoms with E-state index in [9.17, 15) is 4.39 Å². The van der Waals surface area contributed by atoms with Crippen molar-refractivity contribution in [1.82, 2.24) is 9.97 Å². The molecule has 0 saturated heterocycles. The van der Waals surface area contributed by atoms with Crippen LogP contribution in [0.5, 0.6) is 0 Å². The highest BCUT2D eigenvalue weighted by molar-refractivity contribution is 5.53. The fraction of sp³-hybridized carbons (Fsp3) is 0. The summed E-state index contributed by atoms with van der Waals surface area (Å²) in [5.74, 6) is 0.0743. The quantitative estimate of drug-likeness (QED) is 0.784. The van der Waals surface area contributed by atoms with Gasteiger partial charge in [0.05, 0.1) is 18.1 Å². The lowest BCUT2D eigenvalue weighted by atomic mass is 10.3. The zero-order valence-corrected chi connectivity index (χ0v) is 7.81. The van der Waals surface area contributed by atoms with E-state index in [4.69, 9.17) is 5.73 Å². The minimum Gasteiger partial charge on any atom is -0.396 e. The molecule has 0 spiro atoms. The van der Waals surface area contributed by atoms with Crippen molar-refractivity contribution in [2.24, 2.45) is 0 Å². The van der Waals surface area contributed by atoms with Gasteiger partial charge in [0.25, 0.3) is 0 Å². The van der Waals surface area contributed by atoms with Crippen LogP contribution in [0.25, 0.3) is 0 Å². The Balaban J connectivity index is 2.18. The molecule has 0 aliphatic heterocycles. The second kappa shape index (κ2) is 3.91. The van der Waals surface area contributed by atoms with Crippen LogP contribution in [0.3, 0.4) is 0 Å². The lowest BCUT2D eigenvalue weighted by molar-refractivity contribution is 0.628. The molecule has 15 heavy (non-hydrogen) atoms. The van der Waals surface area contributed by atoms with Gasteiger partial charge < -0.3 is 11.1 Å². The molecule has 0 amide bonds. The molecular weight excluding hydrogens is 195 g/mol. The van der Waals surface area contributed by atoms with Gasteiger partial charge >= 0.3 is 0 Å². The minimum atomic E-state index is -0.310. The van der Waals surface area contributed by atoms with Gasteiger partial charge in [-0.05, 0) is 18.2 Å². The van der Waals surface area contributed by atoms with E-state index in [0.29, 0.717) is 17.3 Å². The first-order valence-electron chi connectivity index (χ1n) is 4.34. The molecule has 0 atom stereocenters. The molecule has 2 aromatic rings. The van der Waals surface area contributed by atoms with E-state index in [1.54, 1.807) is 12.1 Å². The number of nitrogens with zero attached hydrogens (tertiary/aromatic N) is 2. The van der Waals surface area contributed by atoms with Gasteiger partial charge in [-0.3, -0.25) is 0 Å². The van der Waals surface area contributed by atoms with Crippen LogP contribution in [0.2, 0.25) is 0 Å². The van der Waals surface area contributed by atoms with Crippen LogP contribution in [0, 0.1) is 5.82 Å². The molecule has 1 aromatic carbocycles. The lowest BCUT2D eigenvalue weighted by Gasteiger charge is -2.03. The molecule has 4 nitrogen and oxygen atoms in total. The van der Waals surface area contributed by atoms with Crippen LogP contribution in [-0.2, 0) is 0 Å². The zero-order valence-electron chi connectivity index (χ0n) is 7.81. The average molecular weight is 204 g/mol. The monoisotopic (exact) mass is 204 g/mol. The van der Waals surface area contributed by atoms with Crippen molar-refractivity contribution >= 4 is 17.3 Å². The molecule has 2 rings (SSSR count). The predicted octanol–water partition coefficient (Wildman–Crippen LogP) is 1.94. The first-order chi connectivity index (χ1) is 7.24. The van der Waals surface area contributed by atoms with Gasteiger partial charge in [0.15, 0.2) is 0 Å². The van der Waals surface area contributed by atoms with Gasteiger partial charge in [-0.15, -0.1) is 0 Å². The predicted molar refractivity (Wildman–Crippen MR) is 56.1 cm³/mol. The smallest absolute Gasteiger partial charge is 0.227 e. The highest BCUT2D eigenvalue weighted by atomic mass is 19.1. The number of hydrogen-bond acceptors (Lipinski definition) is 4. The van der Waals surface area contributed by atoms with E-state index < -0.39 is 0 Å². The first kappa shape index (κ1) is 9.39. The second-order valence-electron chi connectivity index (χ2n) is 2.98. The van der Waals surface area contributed by atoms with Gasteiger partial charge in [0.2, 0.25) is 5.95 Å². The second-order valence-corrected chi connectivity index (χ2v) is 2.98. The Morgan fingerprint density at radius 2 is 1.93 bits per heavy atom. The summed E-state index contributed by atoms with van der Waals surface area (Å²) in [6.45, 7) is 0. The highest BCUT2D eigenvalue weighted by Crippen LogP contribution is 2.13. The zero-order chi connectivity index (χ0) is 10.7.